The number of ether oxygens (including phenoxy) is 1. The zero-order valence-electron chi connectivity index (χ0n) is 13.7. The average molecular weight is 342 g/mol. The van der Waals surface area contributed by atoms with Crippen LogP contribution < -0.4 is 14.5 Å². The Morgan fingerprint density at radius 1 is 1.22 bits per heavy atom. The number of anilines is 1. The first kappa shape index (κ1) is 18.0. The van der Waals surface area contributed by atoms with Crippen molar-refractivity contribution in [3.05, 3.63) is 24.3 Å². The van der Waals surface area contributed by atoms with Crippen molar-refractivity contribution >= 4 is 15.8 Å². The zero-order chi connectivity index (χ0) is 16.7. The molecule has 7 heteroatoms. The predicted octanol–water partition coefficient (Wildman–Crippen LogP) is 0.116. The van der Waals surface area contributed by atoms with E-state index in [1.165, 1.54) is 4.90 Å². The minimum absolute atomic E-state index is 0.242. The summed E-state index contributed by atoms with van der Waals surface area (Å²) in [7, 11) is -4.06. The number of hydrogen-bond acceptors (Lipinski definition) is 5. The van der Waals surface area contributed by atoms with Gasteiger partial charge in [0.05, 0.1) is 55.1 Å². The van der Waals surface area contributed by atoms with Crippen molar-refractivity contribution in [2.24, 2.45) is 0 Å². The summed E-state index contributed by atoms with van der Waals surface area (Å²) in [4.78, 5) is 3.81. The van der Waals surface area contributed by atoms with Crippen molar-refractivity contribution in [3.63, 3.8) is 0 Å². The molecule has 0 radical (unpaired) electrons. The maximum atomic E-state index is 10.6. The molecule has 1 aromatic carbocycles. The summed E-state index contributed by atoms with van der Waals surface area (Å²) < 4.78 is 37.5. The molecule has 0 spiro atoms. The van der Waals surface area contributed by atoms with E-state index in [9.17, 15) is 13.0 Å². The van der Waals surface area contributed by atoms with E-state index >= 15 is 0 Å². The van der Waals surface area contributed by atoms with Gasteiger partial charge in [-0.25, -0.2) is 8.42 Å². The maximum absolute atomic E-state index is 10.6. The number of hydrogen-bond donors (Lipinski definition) is 1. The van der Waals surface area contributed by atoms with Gasteiger partial charge in [-0.1, -0.05) is 12.1 Å². The number of rotatable bonds is 8. The molecule has 6 nitrogen and oxygen atoms in total. The highest BCUT2D eigenvalue weighted by molar-refractivity contribution is 7.85. The van der Waals surface area contributed by atoms with Crippen molar-refractivity contribution in [2.75, 3.05) is 50.0 Å². The largest absolute Gasteiger partial charge is 0.748 e. The van der Waals surface area contributed by atoms with Gasteiger partial charge >= 0.3 is 0 Å². The molecule has 1 N–H and O–H groups in total. The van der Waals surface area contributed by atoms with Crippen LogP contribution in [0.1, 0.15) is 19.8 Å². The quantitative estimate of drug-likeness (QED) is 0.536. The average Bonchev–Trinajstić information content (AvgIpc) is 2.52. The van der Waals surface area contributed by atoms with Crippen LogP contribution >= 0.6 is 0 Å². The summed E-state index contributed by atoms with van der Waals surface area (Å²) in [6, 6.07) is 8.11. The van der Waals surface area contributed by atoms with E-state index in [1.807, 2.05) is 25.1 Å². The molecule has 1 fully saturated rings. The molecule has 23 heavy (non-hydrogen) atoms. The van der Waals surface area contributed by atoms with Gasteiger partial charge in [-0.2, -0.15) is 0 Å². The molecule has 1 aromatic rings. The Hall–Kier alpha value is -1.31. The molecule has 130 valence electrons. The molecule has 0 saturated carbocycles. The molecule has 1 aliphatic rings. The fourth-order valence-corrected chi connectivity index (χ4v) is 3.52. The first-order valence-electron chi connectivity index (χ1n) is 8.23. The molecule has 0 atom stereocenters. The fourth-order valence-electron chi connectivity index (χ4n) is 2.96. The lowest BCUT2D eigenvalue weighted by molar-refractivity contribution is -0.900. The molecule has 0 amide bonds. The van der Waals surface area contributed by atoms with E-state index in [-0.39, 0.29) is 5.75 Å². The predicted molar refractivity (Wildman–Crippen MR) is 89.2 cm³/mol. The summed E-state index contributed by atoms with van der Waals surface area (Å²) in [5.74, 6) is 0.688. The minimum atomic E-state index is -4.06. The summed E-state index contributed by atoms with van der Waals surface area (Å²) in [5, 5.41) is 0. The Morgan fingerprint density at radius 3 is 2.57 bits per heavy atom. The topological polar surface area (TPSA) is 74.1 Å². The van der Waals surface area contributed by atoms with Gasteiger partial charge in [0.1, 0.15) is 5.75 Å². The third-order valence-corrected chi connectivity index (χ3v) is 4.94. The number of para-hydroxylation sites is 2. The van der Waals surface area contributed by atoms with Gasteiger partial charge in [-0.15, -0.1) is 0 Å². The molecule has 0 aliphatic carbocycles. The van der Waals surface area contributed by atoms with Gasteiger partial charge in [0.25, 0.3) is 0 Å². The number of unbranched alkanes of at least 4 members (excludes halogenated alkanes) is 1. The minimum Gasteiger partial charge on any atom is -0.748 e. The third kappa shape index (κ3) is 6.01. The van der Waals surface area contributed by atoms with E-state index in [0.29, 0.717) is 13.0 Å². The second-order valence-corrected chi connectivity index (χ2v) is 7.38. The van der Waals surface area contributed by atoms with Gasteiger partial charge in [0.2, 0.25) is 0 Å². The smallest absolute Gasteiger partial charge is 0.142 e. The monoisotopic (exact) mass is 342 g/mol. The molecular weight excluding hydrogens is 316 g/mol. The van der Waals surface area contributed by atoms with Crippen LogP contribution in [0, 0.1) is 0 Å². The number of piperazine rings is 1. The van der Waals surface area contributed by atoms with Crippen molar-refractivity contribution in [3.8, 4) is 5.75 Å². The SMILES string of the molecule is CCOc1ccccc1N1CC[NH+](CCCCS(=O)(=O)[O-])CC1. The first-order valence-corrected chi connectivity index (χ1v) is 9.81. The van der Waals surface area contributed by atoms with Crippen LogP contribution in [-0.4, -0.2) is 58.1 Å². The van der Waals surface area contributed by atoms with Gasteiger partial charge in [-0.05, 0) is 31.9 Å². The Kier molecular flexibility index (Phi) is 6.68. The highest BCUT2D eigenvalue weighted by Gasteiger charge is 2.21. The van der Waals surface area contributed by atoms with Crippen LogP contribution in [0.2, 0.25) is 0 Å². The van der Waals surface area contributed by atoms with Gasteiger partial charge in [-0.3, -0.25) is 0 Å². The zero-order valence-corrected chi connectivity index (χ0v) is 14.5. The normalized spacial score (nSPS) is 16.5. The van der Waals surface area contributed by atoms with E-state index in [4.69, 9.17) is 4.74 Å². The number of benzene rings is 1. The summed E-state index contributed by atoms with van der Waals surface area (Å²) >= 11 is 0. The van der Waals surface area contributed by atoms with Crippen molar-refractivity contribution < 1.29 is 22.6 Å². The van der Waals surface area contributed by atoms with Crippen molar-refractivity contribution in [2.45, 2.75) is 19.8 Å². The molecule has 1 saturated heterocycles. The lowest BCUT2D eigenvalue weighted by atomic mass is 10.2. The Bertz CT molecular complexity index is 583. The number of nitrogens with one attached hydrogen (secondary N) is 1. The molecular formula is C16H26N2O4S. The highest BCUT2D eigenvalue weighted by atomic mass is 32.2. The Morgan fingerprint density at radius 2 is 1.91 bits per heavy atom. The number of nitrogens with zero attached hydrogens (tertiary/aromatic N) is 1. The van der Waals surface area contributed by atoms with Crippen LogP contribution in [0.5, 0.6) is 5.75 Å². The maximum Gasteiger partial charge on any atom is 0.142 e. The molecule has 0 aromatic heterocycles. The number of quaternary nitrogens is 1. The van der Waals surface area contributed by atoms with E-state index < -0.39 is 10.1 Å². The van der Waals surface area contributed by atoms with Crippen molar-refractivity contribution in [1.82, 2.24) is 0 Å². The van der Waals surface area contributed by atoms with Crippen LogP contribution in [0.25, 0.3) is 0 Å². The third-order valence-electron chi connectivity index (χ3n) is 4.15. The van der Waals surface area contributed by atoms with E-state index in [1.54, 1.807) is 0 Å². The second kappa shape index (κ2) is 8.52. The highest BCUT2D eigenvalue weighted by Crippen LogP contribution is 2.27. The summed E-state index contributed by atoms with van der Waals surface area (Å²) in [5.41, 5.74) is 1.14. The second-order valence-electron chi connectivity index (χ2n) is 5.86. The lowest BCUT2D eigenvalue weighted by Crippen LogP contribution is -3.14. The molecule has 2 rings (SSSR count). The van der Waals surface area contributed by atoms with Crippen LogP contribution in [-0.2, 0) is 10.1 Å². The van der Waals surface area contributed by atoms with Gasteiger partial charge < -0.3 is 19.1 Å². The summed E-state index contributed by atoms with van der Waals surface area (Å²) in [6.45, 7) is 7.52. The van der Waals surface area contributed by atoms with Crippen LogP contribution in [0.15, 0.2) is 24.3 Å². The fraction of sp³-hybridized carbons (Fsp3) is 0.625. The van der Waals surface area contributed by atoms with Crippen LogP contribution in [0.4, 0.5) is 5.69 Å². The Labute approximate surface area is 138 Å². The summed E-state index contributed by atoms with van der Waals surface area (Å²) in [6.07, 6.45) is 1.25. The van der Waals surface area contributed by atoms with Crippen LogP contribution in [0.3, 0.4) is 0 Å². The molecule has 0 bridgehead atoms. The molecule has 1 heterocycles. The van der Waals surface area contributed by atoms with Gasteiger partial charge in [0.15, 0.2) is 0 Å². The van der Waals surface area contributed by atoms with E-state index in [0.717, 1.165) is 50.6 Å². The molecule has 1 aliphatic heterocycles. The lowest BCUT2D eigenvalue weighted by Gasteiger charge is -2.34. The van der Waals surface area contributed by atoms with Crippen molar-refractivity contribution in [1.29, 1.82) is 0 Å². The standard InChI is InChI=1S/C16H26N2O4S/c1-2-22-16-8-4-3-7-15(16)18-12-10-17(11-13-18)9-5-6-14-23(19,20)21/h3-4,7-8H,2,5-6,9-14H2,1H3,(H,19,20,21). The van der Waals surface area contributed by atoms with E-state index in [2.05, 4.69) is 11.0 Å². The van der Waals surface area contributed by atoms with Gasteiger partial charge in [0, 0.05) is 5.75 Å². The Balaban J connectivity index is 1.78. The molecule has 0 unspecified atom stereocenters. The first-order chi connectivity index (χ1) is 11.0.